The fourth-order valence-corrected chi connectivity index (χ4v) is 1.06. The third-order valence-corrected chi connectivity index (χ3v) is 1.89. The molecule has 3 heteroatoms. The normalized spacial score (nSPS) is 12.5. The van der Waals surface area contributed by atoms with Gasteiger partial charge in [0.05, 0.1) is 6.61 Å². The first-order valence-corrected chi connectivity index (χ1v) is 5.14. The van der Waals surface area contributed by atoms with E-state index in [0.29, 0.717) is 13.0 Å². The summed E-state index contributed by atoms with van der Waals surface area (Å²) in [4.78, 5) is 11.1. The number of hydrogen-bond acceptors (Lipinski definition) is 3. The third kappa shape index (κ3) is 6.58. The molecule has 0 amide bonds. The van der Waals surface area contributed by atoms with E-state index in [9.17, 15) is 4.79 Å². The highest BCUT2D eigenvalue weighted by atomic mass is 16.5. The van der Waals surface area contributed by atoms with Gasteiger partial charge < -0.3 is 10.5 Å². The van der Waals surface area contributed by atoms with E-state index < -0.39 is 6.04 Å². The molecule has 0 spiro atoms. The molecule has 1 atom stereocenters. The summed E-state index contributed by atoms with van der Waals surface area (Å²) < 4.78 is 4.99. The lowest BCUT2D eigenvalue weighted by molar-refractivity contribution is -0.145. The van der Waals surface area contributed by atoms with Crippen molar-refractivity contribution < 1.29 is 9.53 Å². The highest BCUT2D eigenvalue weighted by Crippen LogP contribution is 1.99. The van der Waals surface area contributed by atoms with Gasteiger partial charge in [-0.1, -0.05) is 33.1 Å². The lowest BCUT2D eigenvalue weighted by Crippen LogP contribution is -2.32. The molecular formula is C10H21NO2. The fraction of sp³-hybridized carbons (Fsp3) is 0.900. The number of nitrogens with two attached hydrogens (primary N) is 1. The molecule has 0 aromatic heterocycles. The molecule has 0 aromatic rings. The smallest absolute Gasteiger partial charge is 0.322 e. The Balaban J connectivity index is 3.38. The zero-order valence-corrected chi connectivity index (χ0v) is 8.71. The van der Waals surface area contributed by atoms with Crippen LogP contribution in [0.25, 0.3) is 0 Å². The molecule has 0 aliphatic rings. The van der Waals surface area contributed by atoms with Gasteiger partial charge in [-0.25, -0.2) is 0 Å². The van der Waals surface area contributed by atoms with Crippen LogP contribution >= 0.6 is 0 Å². The van der Waals surface area contributed by atoms with Gasteiger partial charge in [0.2, 0.25) is 0 Å². The molecule has 0 aliphatic carbocycles. The largest absolute Gasteiger partial charge is 0.465 e. The van der Waals surface area contributed by atoms with Crippen molar-refractivity contribution in [1.29, 1.82) is 0 Å². The van der Waals surface area contributed by atoms with Gasteiger partial charge in [0.25, 0.3) is 0 Å². The van der Waals surface area contributed by atoms with Gasteiger partial charge >= 0.3 is 5.97 Å². The first-order valence-electron chi connectivity index (χ1n) is 5.14. The van der Waals surface area contributed by atoms with Crippen LogP contribution in [0.15, 0.2) is 0 Å². The summed E-state index contributed by atoms with van der Waals surface area (Å²) in [5, 5.41) is 0. The molecule has 0 radical (unpaired) electrons. The molecule has 0 saturated heterocycles. The van der Waals surface area contributed by atoms with Crippen molar-refractivity contribution in [3.63, 3.8) is 0 Å². The second kappa shape index (κ2) is 8.05. The number of unbranched alkanes of at least 4 members (excludes halogenated alkanes) is 2. The average Bonchev–Trinajstić information content (AvgIpc) is 2.12. The molecule has 0 unspecified atom stereocenters. The van der Waals surface area contributed by atoms with Crippen LogP contribution in [0.4, 0.5) is 0 Å². The minimum atomic E-state index is -0.424. The first-order chi connectivity index (χ1) is 6.22. The van der Waals surface area contributed by atoms with E-state index in [0.717, 1.165) is 25.7 Å². The molecule has 78 valence electrons. The number of carbonyl (C=O) groups is 1. The van der Waals surface area contributed by atoms with E-state index >= 15 is 0 Å². The van der Waals surface area contributed by atoms with E-state index in [2.05, 4.69) is 6.92 Å². The van der Waals surface area contributed by atoms with E-state index in [1.54, 1.807) is 0 Å². The average molecular weight is 187 g/mol. The van der Waals surface area contributed by atoms with Crippen LogP contribution in [0.3, 0.4) is 0 Å². The summed E-state index contributed by atoms with van der Waals surface area (Å²) in [6, 6.07) is -0.424. The minimum absolute atomic E-state index is 0.252. The molecule has 2 N–H and O–H groups in total. The Bertz CT molecular complexity index is 137. The SMILES string of the molecule is CCCCCOC(=O)[C@H](N)CCC. The van der Waals surface area contributed by atoms with Crippen LogP contribution in [0.2, 0.25) is 0 Å². The van der Waals surface area contributed by atoms with Crippen molar-refractivity contribution >= 4 is 5.97 Å². The number of hydrogen-bond donors (Lipinski definition) is 1. The number of carbonyl (C=O) groups excluding carboxylic acids is 1. The second-order valence-corrected chi connectivity index (χ2v) is 3.27. The predicted octanol–water partition coefficient (Wildman–Crippen LogP) is 1.85. The lowest BCUT2D eigenvalue weighted by atomic mass is 10.2. The van der Waals surface area contributed by atoms with Crippen LogP contribution in [0, 0.1) is 0 Å². The van der Waals surface area contributed by atoms with E-state index in [1.807, 2.05) is 6.92 Å². The molecule has 13 heavy (non-hydrogen) atoms. The lowest BCUT2D eigenvalue weighted by Gasteiger charge is -2.09. The monoisotopic (exact) mass is 187 g/mol. The number of rotatable bonds is 7. The molecule has 0 aromatic carbocycles. The molecule has 0 fully saturated rings. The van der Waals surface area contributed by atoms with Crippen molar-refractivity contribution in [3.8, 4) is 0 Å². The molecule has 0 aliphatic heterocycles. The van der Waals surface area contributed by atoms with Gasteiger partial charge in [0.1, 0.15) is 6.04 Å². The minimum Gasteiger partial charge on any atom is -0.465 e. The summed E-state index contributed by atoms with van der Waals surface area (Å²) in [5.41, 5.74) is 5.57. The van der Waals surface area contributed by atoms with Crippen molar-refractivity contribution in [2.75, 3.05) is 6.61 Å². The maximum absolute atomic E-state index is 11.1. The fourth-order valence-electron chi connectivity index (χ4n) is 1.06. The summed E-state index contributed by atoms with van der Waals surface area (Å²) in [6.07, 6.45) is 4.83. The van der Waals surface area contributed by atoms with Crippen LogP contribution in [-0.4, -0.2) is 18.6 Å². The van der Waals surface area contributed by atoms with Gasteiger partial charge in [-0.2, -0.15) is 0 Å². The highest BCUT2D eigenvalue weighted by Gasteiger charge is 2.12. The number of esters is 1. The van der Waals surface area contributed by atoms with E-state index in [4.69, 9.17) is 10.5 Å². The van der Waals surface area contributed by atoms with Crippen molar-refractivity contribution in [2.45, 2.75) is 52.0 Å². The van der Waals surface area contributed by atoms with Gasteiger partial charge in [0.15, 0.2) is 0 Å². The Morgan fingerprint density at radius 3 is 2.54 bits per heavy atom. The Labute approximate surface area is 80.6 Å². The quantitative estimate of drug-likeness (QED) is 0.489. The molecule has 0 saturated carbocycles. The Morgan fingerprint density at radius 2 is 2.00 bits per heavy atom. The van der Waals surface area contributed by atoms with Gasteiger partial charge in [-0.3, -0.25) is 4.79 Å². The molecule has 0 rings (SSSR count). The second-order valence-electron chi connectivity index (χ2n) is 3.27. The van der Waals surface area contributed by atoms with E-state index in [-0.39, 0.29) is 5.97 Å². The molecule has 0 heterocycles. The molecular weight excluding hydrogens is 166 g/mol. The predicted molar refractivity (Wildman–Crippen MR) is 53.4 cm³/mol. The summed E-state index contributed by atoms with van der Waals surface area (Å²) in [5.74, 6) is -0.252. The number of ether oxygens (including phenoxy) is 1. The Morgan fingerprint density at radius 1 is 1.31 bits per heavy atom. The van der Waals surface area contributed by atoms with Gasteiger partial charge in [-0.05, 0) is 12.8 Å². The highest BCUT2D eigenvalue weighted by molar-refractivity contribution is 5.75. The first kappa shape index (κ1) is 12.4. The van der Waals surface area contributed by atoms with Crippen LogP contribution in [0.1, 0.15) is 46.0 Å². The van der Waals surface area contributed by atoms with Crippen molar-refractivity contribution in [3.05, 3.63) is 0 Å². The van der Waals surface area contributed by atoms with Crippen molar-refractivity contribution in [1.82, 2.24) is 0 Å². The summed E-state index contributed by atoms with van der Waals surface area (Å²) in [6.45, 7) is 4.64. The zero-order valence-electron chi connectivity index (χ0n) is 8.71. The maximum Gasteiger partial charge on any atom is 0.322 e. The maximum atomic E-state index is 11.1. The zero-order chi connectivity index (χ0) is 10.1. The van der Waals surface area contributed by atoms with Crippen LogP contribution in [0.5, 0.6) is 0 Å². The van der Waals surface area contributed by atoms with Crippen LogP contribution < -0.4 is 5.73 Å². The summed E-state index contributed by atoms with van der Waals surface area (Å²) >= 11 is 0. The molecule has 0 bridgehead atoms. The molecule has 3 nitrogen and oxygen atoms in total. The van der Waals surface area contributed by atoms with Crippen LogP contribution in [-0.2, 0) is 9.53 Å². The Hall–Kier alpha value is -0.570. The summed E-state index contributed by atoms with van der Waals surface area (Å²) in [7, 11) is 0. The standard InChI is InChI=1S/C10H21NO2/c1-3-5-6-8-13-10(12)9(11)7-4-2/h9H,3-8,11H2,1-2H3/t9-/m1/s1. The van der Waals surface area contributed by atoms with Crippen molar-refractivity contribution in [2.24, 2.45) is 5.73 Å². The van der Waals surface area contributed by atoms with Gasteiger partial charge in [0, 0.05) is 0 Å². The third-order valence-electron chi connectivity index (χ3n) is 1.89. The topological polar surface area (TPSA) is 52.3 Å². The van der Waals surface area contributed by atoms with E-state index in [1.165, 1.54) is 0 Å². The Kier molecular flexibility index (Phi) is 7.69. The van der Waals surface area contributed by atoms with Gasteiger partial charge in [-0.15, -0.1) is 0 Å².